The van der Waals surface area contributed by atoms with Crippen LogP contribution in [0, 0.1) is 0 Å². The monoisotopic (exact) mass is 228 g/mol. The van der Waals surface area contributed by atoms with Crippen LogP contribution in [0.2, 0.25) is 0 Å². The van der Waals surface area contributed by atoms with Crippen LogP contribution in [0.1, 0.15) is 6.92 Å². The Labute approximate surface area is 74.7 Å². The van der Waals surface area contributed by atoms with Gasteiger partial charge in [0.05, 0.1) is 0 Å². The molecule has 0 aliphatic rings. The predicted octanol–water partition coefficient (Wildman–Crippen LogP) is 3.18. The zero-order valence-electron chi connectivity index (χ0n) is 6.87. The molecule has 0 spiro atoms. The first kappa shape index (κ1) is 15.7. The summed E-state index contributed by atoms with van der Waals surface area (Å²) in [5.41, 5.74) is 0. The summed E-state index contributed by atoms with van der Waals surface area (Å²) >= 11 is 0. The molecular formula is C6H7F7O. The Morgan fingerprint density at radius 2 is 1.57 bits per heavy atom. The van der Waals surface area contributed by atoms with Gasteiger partial charge < -0.3 is 4.74 Å². The molecule has 0 heterocycles. The molecular weight excluding hydrogens is 221 g/mol. The lowest BCUT2D eigenvalue weighted by atomic mass is 10.4. The number of rotatable bonds is 3. The molecule has 0 rings (SSSR count). The van der Waals surface area contributed by atoms with Crippen LogP contribution in [0.15, 0.2) is 12.4 Å². The Balaban J connectivity index is 0. The van der Waals surface area contributed by atoms with E-state index in [1.807, 2.05) is 0 Å². The van der Waals surface area contributed by atoms with E-state index in [4.69, 9.17) is 0 Å². The van der Waals surface area contributed by atoms with Gasteiger partial charge in [-0.05, 0) is 6.92 Å². The second-order valence-corrected chi connectivity index (χ2v) is 2.22. The quantitative estimate of drug-likeness (QED) is 0.674. The average molecular weight is 228 g/mol. The molecule has 0 aliphatic heterocycles. The van der Waals surface area contributed by atoms with Gasteiger partial charge in [-0.2, -0.15) is 22.0 Å². The maximum atomic E-state index is 12.1. The number of hydrogen-bond acceptors (Lipinski definition) is 1. The molecule has 0 saturated heterocycles. The van der Waals surface area contributed by atoms with E-state index in [0.29, 0.717) is 6.92 Å². The summed E-state index contributed by atoms with van der Waals surface area (Å²) in [7, 11) is 0. The summed E-state index contributed by atoms with van der Waals surface area (Å²) in [6, 6.07) is 0. The summed E-state index contributed by atoms with van der Waals surface area (Å²) in [4.78, 5) is 0. The van der Waals surface area contributed by atoms with Crippen LogP contribution in [0.3, 0.4) is 0 Å². The lowest BCUT2D eigenvalue weighted by Crippen LogP contribution is -2.36. The summed E-state index contributed by atoms with van der Waals surface area (Å²) in [5, 5.41) is 0. The highest BCUT2D eigenvalue weighted by Crippen LogP contribution is 2.32. The van der Waals surface area contributed by atoms with E-state index >= 15 is 0 Å². The zero-order chi connectivity index (χ0) is 10.9. The van der Waals surface area contributed by atoms with Crippen LogP contribution in [-0.2, 0) is 4.74 Å². The molecule has 0 aromatic heterocycles. The van der Waals surface area contributed by atoms with Gasteiger partial charge in [-0.15, -0.1) is 0 Å². The van der Waals surface area contributed by atoms with Crippen molar-refractivity contribution in [2.24, 2.45) is 0 Å². The van der Waals surface area contributed by atoms with E-state index < -0.39 is 24.2 Å². The highest BCUT2D eigenvalue weighted by molar-refractivity contribution is 4.91. The summed E-state index contributed by atoms with van der Waals surface area (Å²) in [6.45, 7) is 2.50. The van der Waals surface area contributed by atoms with E-state index in [-0.39, 0.29) is 4.70 Å². The van der Waals surface area contributed by atoms with Gasteiger partial charge in [0.25, 0.3) is 0 Å². The molecule has 14 heavy (non-hydrogen) atoms. The van der Waals surface area contributed by atoms with Gasteiger partial charge in [0, 0.05) is 0 Å². The Morgan fingerprint density at radius 1 is 1.21 bits per heavy atom. The molecule has 0 bridgehead atoms. The third-order valence-corrected chi connectivity index (χ3v) is 1.10. The minimum Gasteiger partial charge on any atom is -0.302 e. The Kier molecular flexibility index (Phi) is 5.18. The second-order valence-electron chi connectivity index (χ2n) is 2.22. The van der Waals surface area contributed by atoms with Crippen LogP contribution in [-0.4, -0.2) is 18.4 Å². The number of ether oxygens (including phenoxy) is 1. The molecule has 0 aliphatic carbocycles. The van der Waals surface area contributed by atoms with Gasteiger partial charge >= 0.3 is 12.3 Å². The van der Waals surface area contributed by atoms with Crippen LogP contribution >= 0.6 is 0 Å². The minimum atomic E-state index is -4.96. The SMILES string of the molecule is C=C(F)C(F)(F)OC(C)C(F)(F)F.F. The molecule has 1 unspecified atom stereocenters. The van der Waals surface area contributed by atoms with E-state index in [1.54, 1.807) is 0 Å². The highest BCUT2D eigenvalue weighted by Gasteiger charge is 2.46. The standard InChI is InChI=1S/C6H6F6O.FH/c1-3(7)6(11,12)13-4(2)5(8,9)10;/h4H,1H2,2H3;1H. The predicted molar refractivity (Wildman–Crippen MR) is 34.3 cm³/mol. The van der Waals surface area contributed by atoms with Crippen molar-refractivity contribution in [2.45, 2.75) is 25.3 Å². The van der Waals surface area contributed by atoms with Gasteiger partial charge in [0.15, 0.2) is 11.9 Å². The lowest BCUT2D eigenvalue weighted by Gasteiger charge is -2.21. The molecule has 86 valence electrons. The summed E-state index contributed by atoms with van der Waals surface area (Å²) in [5.74, 6) is -2.26. The van der Waals surface area contributed by atoms with Gasteiger partial charge in [-0.1, -0.05) is 6.58 Å². The number of halogens is 7. The topological polar surface area (TPSA) is 9.23 Å². The molecule has 0 saturated carbocycles. The molecule has 0 radical (unpaired) electrons. The van der Waals surface area contributed by atoms with E-state index in [1.165, 1.54) is 0 Å². The van der Waals surface area contributed by atoms with Crippen LogP contribution in [0.4, 0.5) is 31.0 Å². The van der Waals surface area contributed by atoms with Gasteiger partial charge in [0.1, 0.15) is 0 Å². The molecule has 1 nitrogen and oxygen atoms in total. The number of alkyl halides is 5. The fraction of sp³-hybridized carbons (Fsp3) is 0.667. The van der Waals surface area contributed by atoms with Crippen molar-refractivity contribution >= 4 is 0 Å². The largest absolute Gasteiger partial charge is 0.414 e. The van der Waals surface area contributed by atoms with E-state index in [0.717, 1.165) is 0 Å². The van der Waals surface area contributed by atoms with Crippen molar-refractivity contribution in [2.75, 3.05) is 0 Å². The number of hydrogen-bond donors (Lipinski definition) is 0. The first-order valence-corrected chi connectivity index (χ1v) is 3.04. The Hall–Kier alpha value is -0.790. The van der Waals surface area contributed by atoms with Crippen molar-refractivity contribution in [1.82, 2.24) is 0 Å². The molecule has 0 amide bonds. The molecule has 8 heteroatoms. The maximum absolute atomic E-state index is 12.1. The molecule has 0 N–H and O–H groups in total. The van der Waals surface area contributed by atoms with Gasteiger partial charge in [-0.25, -0.2) is 4.39 Å². The second kappa shape index (κ2) is 4.63. The minimum absolute atomic E-state index is 0. The van der Waals surface area contributed by atoms with Crippen molar-refractivity contribution in [3.8, 4) is 0 Å². The van der Waals surface area contributed by atoms with E-state index in [2.05, 4.69) is 11.3 Å². The Morgan fingerprint density at radius 3 is 1.79 bits per heavy atom. The van der Waals surface area contributed by atoms with Crippen molar-refractivity contribution in [3.63, 3.8) is 0 Å². The van der Waals surface area contributed by atoms with E-state index in [9.17, 15) is 26.3 Å². The first-order valence-electron chi connectivity index (χ1n) is 3.04. The highest BCUT2D eigenvalue weighted by atomic mass is 19.4. The summed E-state index contributed by atoms with van der Waals surface area (Å²) in [6.07, 6.45) is -12.3. The normalized spacial score (nSPS) is 14.5. The molecule has 0 aromatic carbocycles. The van der Waals surface area contributed by atoms with Crippen LogP contribution < -0.4 is 0 Å². The molecule has 0 fully saturated rings. The zero-order valence-corrected chi connectivity index (χ0v) is 6.87. The molecule has 0 aromatic rings. The van der Waals surface area contributed by atoms with Crippen molar-refractivity contribution in [3.05, 3.63) is 12.4 Å². The van der Waals surface area contributed by atoms with Crippen molar-refractivity contribution in [1.29, 1.82) is 0 Å². The first-order chi connectivity index (χ1) is 5.57. The average Bonchev–Trinajstić information content (AvgIpc) is 1.83. The van der Waals surface area contributed by atoms with Crippen LogP contribution in [0.5, 0.6) is 0 Å². The third-order valence-electron chi connectivity index (χ3n) is 1.10. The van der Waals surface area contributed by atoms with Gasteiger partial charge in [0.2, 0.25) is 0 Å². The van der Waals surface area contributed by atoms with Gasteiger partial charge in [-0.3, -0.25) is 4.70 Å². The Bertz CT molecular complexity index is 197. The fourth-order valence-electron chi connectivity index (χ4n) is 0.353. The smallest absolute Gasteiger partial charge is 0.302 e. The lowest BCUT2D eigenvalue weighted by molar-refractivity contribution is -0.309. The third kappa shape index (κ3) is 4.45. The van der Waals surface area contributed by atoms with Crippen molar-refractivity contribution < 1.29 is 35.8 Å². The summed E-state index contributed by atoms with van der Waals surface area (Å²) < 4.78 is 74.1. The molecule has 1 atom stereocenters. The van der Waals surface area contributed by atoms with Crippen LogP contribution in [0.25, 0.3) is 0 Å². The fourth-order valence-corrected chi connectivity index (χ4v) is 0.353. The maximum Gasteiger partial charge on any atom is 0.414 e.